The Bertz CT molecular complexity index is 521. The minimum absolute atomic E-state index is 0.308. The number of carbonyl (C=O) groups excluding carboxylic acids is 1. The minimum Gasteiger partial charge on any atom is -0.497 e. The molecule has 1 aromatic carbocycles. The number of hydrogen-bond donors (Lipinski definition) is 0. The molecule has 0 amide bonds. The van der Waals surface area contributed by atoms with Crippen molar-refractivity contribution in [3.8, 4) is 5.75 Å². The number of esters is 1. The predicted molar refractivity (Wildman–Crippen MR) is 89.0 cm³/mol. The van der Waals surface area contributed by atoms with Crippen LogP contribution in [0, 0.1) is 6.92 Å². The lowest BCUT2D eigenvalue weighted by Crippen LogP contribution is -2.37. The molecule has 0 radical (unpaired) electrons. The number of anilines is 1. The third-order valence-corrected chi connectivity index (χ3v) is 4.66. The average Bonchev–Trinajstić information content (AvgIpc) is 2.57. The molecule has 0 saturated heterocycles. The number of carbonyl (C=O) groups is 1. The second-order valence-electron chi connectivity index (χ2n) is 5.89. The summed E-state index contributed by atoms with van der Waals surface area (Å²) in [5.41, 5.74) is 2.65. The third kappa shape index (κ3) is 3.37. The monoisotopic (exact) mass is 305 g/mol. The fraction of sp³-hybridized carbons (Fsp3) is 0.611. The van der Waals surface area contributed by atoms with E-state index in [1.165, 1.54) is 39.2 Å². The Labute approximate surface area is 133 Å². The number of hydrogen-bond acceptors (Lipinski definition) is 4. The number of methoxy groups -OCH3 is 2. The van der Waals surface area contributed by atoms with Gasteiger partial charge in [-0.25, -0.2) is 4.79 Å². The second-order valence-corrected chi connectivity index (χ2v) is 5.89. The van der Waals surface area contributed by atoms with E-state index in [2.05, 4.69) is 11.8 Å². The summed E-state index contributed by atoms with van der Waals surface area (Å²) >= 11 is 0. The van der Waals surface area contributed by atoms with Gasteiger partial charge in [0, 0.05) is 24.3 Å². The summed E-state index contributed by atoms with van der Waals surface area (Å²) in [6, 6.07) is 4.36. The molecular weight excluding hydrogens is 278 g/mol. The molecule has 0 aliphatic heterocycles. The molecule has 0 atom stereocenters. The molecule has 0 spiro atoms. The highest BCUT2D eigenvalue weighted by Crippen LogP contribution is 2.34. The van der Waals surface area contributed by atoms with E-state index in [1.807, 2.05) is 13.0 Å². The van der Waals surface area contributed by atoms with E-state index in [-0.39, 0.29) is 5.97 Å². The Hall–Kier alpha value is -1.71. The molecule has 1 fully saturated rings. The number of rotatable bonds is 5. The Kier molecular flexibility index (Phi) is 5.69. The van der Waals surface area contributed by atoms with Crippen molar-refractivity contribution in [2.75, 3.05) is 25.7 Å². The second kappa shape index (κ2) is 7.52. The van der Waals surface area contributed by atoms with Crippen LogP contribution in [-0.4, -0.2) is 32.8 Å². The quantitative estimate of drug-likeness (QED) is 0.772. The van der Waals surface area contributed by atoms with Crippen molar-refractivity contribution in [3.05, 3.63) is 23.3 Å². The molecule has 0 heterocycles. The maximum Gasteiger partial charge on any atom is 0.338 e. The molecule has 1 aromatic rings. The molecule has 0 bridgehead atoms. The van der Waals surface area contributed by atoms with Crippen molar-refractivity contribution in [1.29, 1.82) is 0 Å². The Morgan fingerprint density at radius 3 is 2.45 bits per heavy atom. The molecular formula is C18H27NO3. The minimum atomic E-state index is -0.308. The summed E-state index contributed by atoms with van der Waals surface area (Å²) in [4.78, 5) is 14.5. The zero-order valence-corrected chi connectivity index (χ0v) is 14.1. The van der Waals surface area contributed by atoms with Crippen LogP contribution in [0.25, 0.3) is 0 Å². The maximum atomic E-state index is 12.0. The van der Waals surface area contributed by atoms with Gasteiger partial charge in [0.2, 0.25) is 0 Å². The van der Waals surface area contributed by atoms with E-state index in [1.54, 1.807) is 13.2 Å². The fourth-order valence-corrected chi connectivity index (χ4v) is 3.43. The van der Waals surface area contributed by atoms with Gasteiger partial charge in [0.05, 0.1) is 19.8 Å². The summed E-state index contributed by atoms with van der Waals surface area (Å²) in [6.45, 7) is 5.09. The topological polar surface area (TPSA) is 38.8 Å². The zero-order chi connectivity index (χ0) is 16.1. The lowest BCUT2D eigenvalue weighted by molar-refractivity contribution is 0.0599. The maximum absolute atomic E-state index is 12.0. The lowest BCUT2D eigenvalue weighted by Gasteiger charge is -2.36. The zero-order valence-electron chi connectivity index (χ0n) is 14.1. The van der Waals surface area contributed by atoms with E-state index in [0.29, 0.717) is 17.4 Å². The standard InChI is InChI=1S/C18H27NO3/c1-5-19(14-9-7-6-8-10-14)17-12-15(21-3)11-16(13(17)2)18(20)22-4/h11-12,14H,5-10H2,1-4H3. The largest absolute Gasteiger partial charge is 0.497 e. The van der Waals surface area contributed by atoms with Gasteiger partial charge in [-0.3, -0.25) is 0 Å². The van der Waals surface area contributed by atoms with Gasteiger partial charge in [-0.05, 0) is 38.3 Å². The van der Waals surface area contributed by atoms with E-state index in [4.69, 9.17) is 9.47 Å². The molecule has 0 unspecified atom stereocenters. The molecule has 1 aliphatic rings. The van der Waals surface area contributed by atoms with E-state index in [9.17, 15) is 4.79 Å². The normalized spacial score (nSPS) is 15.5. The molecule has 122 valence electrons. The molecule has 4 heteroatoms. The smallest absolute Gasteiger partial charge is 0.338 e. The van der Waals surface area contributed by atoms with Gasteiger partial charge in [-0.2, -0.15) is 0 Å². The highest BCUT2D eigenvalue weighted by molar-refractivity contribution is 5.93. The third-order valence-electron chi connectivity index (χ3n) is 4.66. The Morgan fingerprint density at radius 1 is 1.23 bits per heavy atom. The molecule has 4 nitrogen and oxygen atoms in total. The molecule has 1 saturated carbocycles. The van der Waals surface area contributed by atoms with Gasteiger partial charge in [-0.1, -0.05) is 19.3 Å². The number of ether oxygens (including phenoxy) is 2. The number of nitrogens with zero attached hydrogens (tertiary/aromatic N) is 1. The van der Waals surface area contributed by atoms with Gasteiger partial charge in [0.1, 0.15) is 5.75 Å². The van der Waals surface area contributed by atoms with Gasteiger partial charge in [-0.15, -0.1) is 0 Å². The van der Waals surface area contributed by atoms with Crippen LogP contribution in [0.3, 0.4) is 0 Å². The van der Waals surface area contributed by atoms with Crippen molar-refractivity contribution >= 4 is 11.7 Å². The van der Waals surface area contributed by atoms with Crippen LogP contribution in [0.2, 0.25) is 0 Å². The first-order chi connectivity index (χ1) is 10.6. The van der Waals surface area contributed by atoms with Crippen LogP contribution < -0.4 is 9.64 Å². The van der Waals surface area contributed by atoms with E-state index in [0.717, 1.165) is 17.8 Å². The summed E-state index contributed by atoms with van der Waals surface area (Å²) < 4.78 is 10.3. The van der Waals surface area contributed by atoms with Crippen molar-refractivity contribution < 1.29 is 14.3 Å². The van der Waals surface area contributed by atoms with Crippen molar-refractivity contribution in [3.63, 3.8) is 0 Å². The SMILES string of the molecule is CCN(c1cc(OC)cc(C(=O)OC)c1C)C1CCCCC1. The van der Waals surface area contributed by atoms with E-state index < -0.39 is 0 Å². The lowest BCUT2D eigenvalue weighted by atomic mass is 9.93. The summed E-state index contributed by atoms with van der Waals surface area (Å²) in [5.74, 6) is 0.396. The van der Waals surface area contributed by atoms with Crippen LogP contribution in [0.15, 0.2) is 12.1 Å². The fourth-order valence-electron chi connectivity index (χ4n) is 3.43. The van der Waals surface area contributed by atoms with Crippen molar-refractivity contribution in [2.24, 2.45) is 0 Å². The van der Waals surface area contributed by atoms with Gasteiger partial charge in [0.15, 0.2) is 0 Å². The number of benzene rings is 1. The van der Waals surface area contributed by atoms with Crippen LogP contribution in [-0.2, 0) is 4.74 Å². The highest BCUT2D eigenvalue weighted by atomic mass is 16.5. The Balaban J connectivity index is 2.44. The van der Waals surface area contributed by atoms with Gasteiger partial charge in [0.25, 0.3) is 0 Å². The van der Waals surface area contributed by atoms with Crippen LogP contribution in [0.5, 0.6) is 5.75 Å². The average molecular weight is 305 g/mol. The van der Waals surface area contributed by atoms with Crippen molar-refractivity contribution in [2.45, 2.75) is 52.0 Å². The van der Waals surface area contributed by atoms with Crippen LogP contribution >= 0.6 is 0 Å². The van der Waals surface area contributed by atoms with Crippen LogP contribution in [0.1, 0.15) is 54.9 Å². The Morgan fingerprint density at radius 2 is 1.91 bits per heavy atom. The molecule has 2 rings (SSSR count). The van der Waals surface area contributed by atoms with Gasteiger partial charge >= 0.3 is 5.97 Å². The first-order valence-electron chi connectivity index (χ1n) is 8.16. The molecule has 22 heavy (non-hydrogen) atoms. The summed E-state index contributed by atoms with van der Waals surface area (Å²) in [5, 5.41) is 0. The molecule has 1 aliphatic carbocycles. The molecule has 0 aromatic heterocycles. The van der Waals surface area contributed by atoms with Crippen LogP contribution in [0.4, 0.5) is 5.69 Å². The highest BCUT2D eigenvalue weighted by Gasteiger charge is 2.24. The van der Waals surface area contributed by atoms with Gasteiger partial charge < -0.3 is 14.4 Å². The molecule has 0 N–H and O–H groups in total. The van der Waals surface area contributed by atoms with E-state index >= 15 is 0 Å². The predicted octanol–water partition coefficient (Wildman–Crippen LogP) is 3.95. The van der Waals surface area contributed by atoms with Crippen molar-refractivity contribution in [1.82, 2.24) is 0 Å². The first-order valence-corrected chi connectivity index (χ1v) is 8.16. The summed E-state index contributed by atoms with van der Waals surface area (Å²) in [7, 11) is 3.05. The summed E-state index contributed by atoms with van der Waals surface area (Å²) in [6.07, 6.45) is 6.34. The first kappa shape index (κ1) is 16.7.